The molecule has 1 aliphatic rings. The van der Waals surface area contributed by atoms with Gasteiger partial charge in [0, 0.05) is 36.6 Å². The summed E-state index contributed by atoms with van der Waals surface area (Å²) in [5.74, 6) is 0. The Balaban J connectivity index is 1.51. The van der Waals surface area contributed by atoms with Gasteiger partial charge in [-0.1, -0.05) is 12.1 Å². The van der Waals surface area contributed by atoms with Crippen molar-refractivity contribution in [2.75, 3.05) is 6.54 Å². The Morgan fingerprint density at radius 2 is 1.86 bits per heavy atom. The summed E-state index contributed by atoms with van der Waals surface area (Å²) in [4.78, 5) is 18.8. The molecule has 0 spiro atoms. The minimum atomic E-state index is -0.0805. The Hall–Kier alpha value is -3.30. The van der Waals surface area contributed by atoms with Gasteiger partial charge in [-0.2, -0.15) is 10.4 Å². The van der Waals surface area contributed by atoms with Crippen molar-refractivity contribution in [2.24, 2.45) is 0 Å². The van der Waals surface area contributed by atoms with Gasteiger partial charge in [-0.05, 0) is 55.3 Å². The fourth-order valence-corrected chi connectivity index (χ4v) is 3.69. The zero-order valence-electron chi connectivity index (χ0n) is 15.5. The maximum atomic E-state index is 12.4. The van der Waals surface area contributed by atoms with E-state index in [-0.39, 0.29) is 11.6 Å². The lowest BCUT2D eigenvalue weighted by Crippen LogP contribution is -2.36. The molecule has 6 heteroatoms. The number of likely N-dealkylation sites (tertiary alicyclic amines) is 1. The highest BCUT2D eigenvalue weighted by molar-refractivity contribution is 5.56. The third kappa shape index (κ3) is 4.00. The molecule has 1 aliphatic heterocycles. The SMILES string of the molecule is N#Cc1ccc(CN2CCCC2Cn2nc(-c3ccncc3)ccc2=O)cc1. The summed E-state index contributed by atoms with van der Waals surface area (Å²) < 4.78 is 1.58. The predicted molar refractivity (Wildman–Crippen MR) is 106 cm³/mol. The molecule has 0 N–H and O–H groups in total. The maximum Gasteiger partial charge on any atom is 0.266 e. The van der Waals surface area contributed by atoms with E-state index in [2.05, 4.69) is 21.1 Å². The topological polar surface area (TPSA) is 74.8 Å². The number of rotatable bonds is 5. The van der Waals surface area contributed by atoms with Gasteiger partial charge >= 0.3 is 0 Å². The van der Waals surface area contributed by atoms with Crippen molar-refractivity contribution in [2.45, 2.75) is 32.0 Å². The summed E-state index contributed by atoms with van der Waals surface area (Å²) in [7, 11) is 0. The van der Waals surface area contributed by atoms with E-state index in [9.17, 15) is 4.79 Å². The molecule has 0 saturated carbocycles. The Morgan fingerprint density at radius 1 is 1.07 bits per heavy atom. The van der Waals surface area contributed by atoms with Gasteiger partial charge in [-0.25, -0.2) is 4.68 Å². The molecule has 1 unspecified atom stereocenters. The molecule has 2 aromatic heterocycles. The van der Waals surface area contributed by atoms with Crippen LogP contribution in [0, 0.1) is 11.3 Å². The van der Waals surface area contributed by atoms with Gasteiger partial charge in [0.15, 0.2) is 0 Å². The molecule has 0 aliphatic carbocycles. The van der Waals surface area contributed by atoms with Crippen LogP contribution in [-0.4, -0.2) is 32.3 Å². The second-order valence-electron chi connectivity index (χ2n) is 7.05. The molecule has 0 bridgehead atoms. The quantitative estimate of drug-likeness (QED) is 0.689. The Morgan fingerprint density at radius 3 is 2.61 bits per heavy atom. The van der Waals surface area contributed by atoms with Crippen molar-refractivity contribution in [3.8, 4) is 17.3 Å². The first-order valence-corrected chi connectivity index (χ1v) is 9.44. The van der Waals surface area contributed by atoms with Crippen molar-refractivity contribution >= 4 is 0 Å². The number of benzene rings is 1. The fourth-order valence-electron chi connectivity index (χ4n) is 3.69. The number of nitrogens with zero attached hydrogens (tertiary/aromatic N) is 5. The highest BCUT2D eigenvalue weighted by atomic mass is 16.1. The molecular formula is C22H21N5O. The van der Waals surface area contributed by atoms with Crippen molar-refractivity contribution in [1.29, 1.82) is 5.26 Å². The van der Waals surface area contributed by atoms with Crippen molar-refractivity contribution in [3.05, 3.63) is 82.4 Å². The van der Waals surface area contributed by atoms with Crippen LogP contribution >= 0.6 is 0 Å². The largest absolute Gasteiger partial charge is 0.294 e. The standard InChI is InChI=1S/C22H21N5O/c23-14-17-3-5-18(6-4-17)15-26-13-1-2-20(26)16-27-22(28)8-7-21(25-27)19-9-11-24-12-10-19/h3-12,20H,1-2,13,15-16H2. The summed E-state index contributed by atoms with van der Waals surface area (Å²) >= 11 is 0. The molecule has 1 saturated heterocycles. The van der Waals surface area contributed by atoms with Gasteiger partial charge in [0.2, 0.25) is 0 Å². The number of hydrogen-bond donors (Lipinski definition) is 0. The summed E-state index contributed by atoms with van der Waals surface area (Å²) in [6, 6.07) is 17.3. The molecule has 3 aromatic rings. The van der Waals surface area contributed by atoms with E-state index in [1.807, 2.05) is 36.4 Å². The highest BCUT2D eigenvalue weighted by Crippen LogP contribution is 2.22. The lowest BCUT2D eigenvalue weighted by atomic mass is 10.1. The lowest BCUT2D eigenvalue weighted by molar-refractivity contribution is 0.217. The molecule has 0 amide bonds. The summed E-state index contributed by atoms with van der Waals surface area (Å²) in [5, 5.41) is 13.5. The van der Waals surface area contributed by atoms with Crippen LogP contribution in [0.25, 0.3) is 11.3 Å². The third-order valence-electron chi connectivity index (χ3n) is 5.19. The Kier molecular flexibility index (Phi) is 5.27. The number of pyridine rings is 1. The van der Waals surface area contributed by atoms with Crippen LogP contribution in [0.2, 0.25) is 0 Å². The number of aromatic nitrogens is 3. The van der Waals surface area contributed by atoms with Crippen LogP contribution in [0.1, 0.15) is 24.0 Å². The zero-order chi connectivity index (χ0) is 19.3. The molecule has 3 heterocycles. The first kappa shape index (κ1) is 18.1. The van der Waals surface area contributed by atoms with E-state index in [1.54, 1.807) is 29.2 Å². The molecule has 6 nitrogen and oxygen atoms in total. The van der Waals surface area contributed by atoms with Crippen LogP contribution < -0.4 is 5.56 Å². The molecule has 1 fully saturated rings. The maximum absolute atomic E-state index is 12.4. The number of nitriles is 1. The van der Waals surface area contributed by atoms with Gasteiger partial charge in [0.05, 0.1) is 23.9 Å². The highest BCUT2D eigenvalue weighted by Gasteiger charge is 2.25. The summed E-state index contributed by atoms with van der Waals surface area (Å²) in [6.07, 6.45) is 5.61. The third-order valence-corrected chi connectivity index (χ3v) is 5.19. The molecule has 28 heavy (non-hydrogen) atoms. The van der Waals surface area contributed by atoms with Crippen LogP contribution in [0.15, 0.2) is 65.7 Å². The lowest BCUT2D eigenvalue weighted by Gasteiger charge is -2.25. The molecule has 140 valence electrons. The summed E-state index contributed by atoms with van der Waals surface area (Å²) in [6.45, 7) is 2.40. The average Bonchev–Trinajstić information content (AvgIpc) is 3.17. The molecule has 4 rings (SSSR count). The minimum Gasteiger partial charge on any atom is -0.294 e. The van der Waals surface area contributed by atoms with Crippen LogP contribution in [0.5, 0.6) is 0 Å². The normalized spacial score (nSPS) is 16.8. The van der Waals surface area contributed by atoms with E-state index in [0.29, 0.717) is 12.1 Å². The molecule has 0 radical (unpaired) electrons. The second-order valence-corrected chi connectivity index (χ2v) is 7.05. The molecule has 1 atom stereocenters. The van der Waals surface area contributed by atoms with E-state index in [0.717, 1.165) is 37.2 Å². The smallest absolute Gasteiger partial charge is 0.266 e. The molecular weight excluding hydrogens is 350 g/mol. The minimum absolute atomic E-state index is 0.0805. The van der Waals surface area contributed by atoms with Crippen LogP contribution in [-0.2, 0) is 13.1 Å². The number of hydrogen-bond acceptors (Lipinski definition) is 5. The van der Waals surface area contributed by atoms with Gasteiger partial charge in [-0.3, -0.25) is 14.7 Å². The van der Waals surface area contributed by atoms with Crippen molar-refractivity contribution < 1.29 is 0 Å². The van der Waals surface area contributed by atoms with Crippen LogP contribution in [0.3, 0.4) is 0 Å². The Labute approximate surface area is 163 Å². The zero-order valence-corrected chi connectivity index (χ0v) is 15.5. The first-order valence-electron chi connectivity index (χ1n) is 9.44. The molecule has 1 aromatic carbocycles. The van der Waals surface area contributed by atoms with E-state index >= 15 is 0 Å². The fraction of sp³-hybridized carbons (Fsp3) is 0.273. The van der Waals surface area contributed by atoms with Gasteiger partial charge in [0.1, 0.15) is 0 Å². The van der Waals surface area contributed by atoms with E-state index in [1.165, 1.54) is 5.56 Å². The van der Waals surface area contributed by atoms with Gasteiger partial charge in [0.25, 0.3) is 5.56 Å². The van der Waals surface area contributed by atoms with E-state index in [4.69, 9.17) is 5.26 Å². The second kappa shape index (κ2) is 8.15. The Bertz CT molecular complexity index is 1040. The monoisotopic (exact) mass is 371 g/mol. The predicted octanol–water partition coefficient (Wildman–Crippen LogP) is 2.84. The van der Waals surface area contributed by atoms with E-state index < -0.39 is 0 Å². The van der Waals surface area contributed by atoms with Gasteiger partial charge < -0.3 is 0 Å². The van der Waals surface area contributed by atoms with Crippen molar-refractivity contribution in [1.82, 2.24) is 19.7 Å². The van der Waals surface area contributed by atoms with Crippen molar-refractivity contribution in [3.63, 3.8) is 0 Å². The average molecular weight is 371 g/mol. The first-order chi connectivity index (χ1) is 13.7. The van der Waals surface area contributed by atoms with Crippen LogP contribution in [0.4, 0.5) is 0 Å². The van der Waals surface area contributed by atoms with Gasteiger partial charge in [-0.15, -0.1) is 0 Å². The summed E-state index contributed by atoms with van der Waals surface area (Å²) in [5.41, 5.74) is 3.49.